The largest absolute Gasteiger partial charge is 0.351 e. The molecule has 0 aliphatic carbocycles. The second-order valence-corrected chi connectivity index (χ2v) is 10.4. The second-order valence-electron chi connectivity index (χ2n) is 7.33. The minimum atomic E-state index is -3.04. The molecule has 0 saturated carbocycles. The molecule has 0 bridgehead atoms. The Labute approximate surface area is 186 Å². The maximum Gasteiger partial charge on any atom is 0.234 e. The van der Waals surface area contributed by atoms with Crippen LogP contribution in [-0.2, 0) is 27.8 Å². The van der Waals surface area contributed by atoms with E-state index < -0.39 is 9.84 Å². The molecule has 2 aromatic rings. The Bertz CT molecular complexity index is 1090. The van der Waals surface area contributed by atoms with E-state index in [2.05, 4.69) is 17.0 Å². The quantitative estimate of drug-likeness (QED) is 0.470. The third-order valence-corrected chi connectivity index (χ3v) is 7.17. The predicted octanol–water partition coefficient (Wildman–Crippen LogP) is 2.11. The fourth-order valence-electron chi connectivity index (χ4n) is 3.35. The molecular formula is C19H24ClN5O3S2. The average molecular weight is 470 g/mol. The number of halogens is 1. The highest BCUT2D eigenvalue weighted by atomic mass is 35.5. The lowest BCUT2D eigenvalue weighted by Crippen LogP contribution is -2.42. The molecule has 1 amide bonds. The van der Waals surface area contributed by atoms with Crippen molar-refractivity contribution in [3.63, 3.8) is 0 Å². The van der Waals surface area contributed by atoms with E-state index in [1.54, 1.807) is 34.8 Å². The number of carbonyl (C=O) groups is 1. The summed E-state index contributed by atoms with van der Waals surface area (Å²) < 4.78 is 27.1. The maximum absolute atomic E-state index is 12.3. The van der Waals surface area contributed by atoms with Gasteiger partial charge in [0.25, 0.3) is 0 Å². The van der Waals surface area contributed by atoms with Crippen LogP contribution in [0.25, 0.3) is 11.4 Å². The van der Waals surface area contributed by atoms with Gasteiger partial charge in [-0.15, -0.1) is 6.58 Å². The predicted molar refractivity (Wildman–Crippen MR) is 120 cm³/mol. The summed E-state index contributed by atoms with van der Waals surface area (Å²) in [4.78, 5) is 14.1. The molecular weight excluding hydrogens is 446 g/mol. The maximum atomic E-state index is 12.3. The van der Waals surface area contributed by atoms with E-state index in [4.69, 9.17) is 23.8 Å². The zero-order chi connectivity index (χ0) is 21.9. The summed E-state index contributed by atoms with van der Waals surface area (Å²) in [6.45, 7) is 4.69. The minimum absolute atomic E-state index is 0.00389. The van der Waals surface area contributed by atoms with Crippen molar-refractivity contribution in [2.75, 3.05) is 25.1 Å². The van der Waals surface area contributed by atoms with Crippen molar-refractivity contribution in [1.29, 1.82) is 0 Å². The molecule has 1 aliphatic heterocycles. The van der Waals surface area contributed by atoms with Gasteiger partial charge in [-0.25, -0.2) is 13.1 Å². The van der Waals surface area contributed by atoms with Crippen LogP contribution in [0, 0.1) is 4.77 Å². The molecule has 30 heavy (non-hydrogen) atoms. The highest BCUT2D eigenvalue weighted by Gasteiger charge is 2.29. The number of likely N-dealkylation sites (N-methyl/N-ethyl adjacent to an activating group) is 1. The van der Waals surface area contributed by atoms with Gasteiger partial charge >= 0.3 is 0 Å². The molecule has 3 rings (SSSR count). The van der Waals surface area contributed by atoms with Gasteiger partial charge in [0.15, 0.2) is 20.4 Å². The van der Waals surface area contributed by atoms with E-state index in [9.17, 15) is 13.2 Å². The SMILES string of the molecule is C=CCn1c(-c2ccc(Cl)cc2)nn(CN(C)CC(=O)NC2CCS(=O)(=O)C2)c1=S. The van der Waals surface area contributed by atoms with Crippen molar-refractivity contribution >= 4 is 39.6 Å². The molecule has 1 aromatic heterocycles. The molecule has 11 heteroatoms. The first-order chi connectivity index (χ1) is 14.2. The number of carbonyl (C=O) groups excluding carboxylic acids is 1. The second kappa shape index (κ2) is 9.42. The standard InChI is InChI=1S/C19H24ClN5O3S2/c1-3-9-24-18(14-4-6-15(20)7-5-14)22-25(19(24)29)13-23(2)11-17(26)21-16-8-10-30(27,28)12-16/h3-7,16H,1,8-13H2,2H3,(H,21,26). The van der Waals surface area contributed by atoms with Crippen LogP contribution in [-0.4, -0.2) is 64.7 Å². The molecule has 1 aliphatic rings. The van der Waals surface area contributed by atoms with E-state index >= 15 is 0 Å². The van der Waals surface area contributed by atoms with Crippen LogP contribution >= 0.6 is 23.8 Å². The van der Waals surface area contributed by atoms with Crippen molar-refractivity contribution < 1.29 is 13.2 Å². The van der Waals surface area contributed by atoms with Gasteiger partial charge < -0.3 is 5.32 Å². The van der Waals surface area contributed by atoms with Crippen LogP contribution in [0.2, 0.25) is 5.02 Å². The Morgan fingerprint density at radius 3 is 2.73 bits per heavy atom. The number of nitrogens with one attached hydrogen (secondary N) is 1. The lowest BCUT2D eigenvalue weighted by atomic mass is 10.2. The highest BCUT2D eigenvalue weighted by Crippen LogP contribution is 2.21. The van der Waals surface area contributed by atoms with Gasteiger partial charge in [-0.2, -0.15) is 5.10 Å². The van der Waals surface area contributed by atoms with Crippen LogP contribution in [0.3, 0.4) is 0 Å². The highest BCUT2D eigenvalue weighted by molar-refractivity contribution is 7.91. The lowest BCUT2D eigenvalue weighted by molar-refractivity contribution is -0.122. The lowest BCUT2D eigenvalue weighted by Gasteiger charge is -2.17. The number of hydrogen-bond donors (Lipinski definition) is 1. The average Bonchev–Trinajstić information content (AvgIpc) is 3.16. The van der Waals surface area contributed by atoms with E-state index in [0.29, 0.717) is 35.3 Å². The van der Waals surface area contributed by atoms with Gasteiger partial charge in [-0.05, 0) is 50.0 Å². The molecule has 1 unspecified atom stereocenters. The summed E-state index contributed by atoms with van der Waals surface area (Å²) in [5.41, 5.74) is 0.869. The zero-order valence-corrected chi connectivity index (χ0v) is 19.0. The summed E-state index contributed by atoms with van der Waals surface area (Å²) in [5.74, 6) is 0.585. The van der Waals surface area contributed by atoms with E-state index in [0.717, 1.165) is 5.56 Å². The fourth-order valence-corrected chi connectivity index (χ4v) is 5.40. The van der Waals surface area contributed by atoms with Crippen molar-refractivity contribution in [3.8, 4) is 11.4 Å². The van der Waals surface area contributed by atoms with Gasteiger partial charge in [0, 0.05) is 23.2 Å². The van der Waals surface area contributed by atoms with Gasteiger partial charge in [0.1, 0.15) is 0 Å². The monoisotopic (exact) mass is 469 g/mol. The summed E-state index contributed by atoms with van der Waals surface area (Å²) in [6, 6.07) is 7.00. The van der Waals surface area contributed by atoms with E-state index in [-0.39, 0.29) is 30.0 Å². The molecule has 1 atom stereocenters. The topological polar surface area (TPSA) is 89.2 Å². The van der Waals surface area contributed by atoms with Crippen molar-refractivity contribution in [2.45, 2.75) is 25.7 Å². The van der Waals surface area contributed by atoms with Gasteiger partial charge in [0.05, 0.1) is 24.7 Å². The summed E-state index contributed by atoms with van der Waals surface area (Å²) >= 11 is 11.6. The summed E-state index contributed by atoms with van der Waals surface area (Å²) in [6.07, 6.45) is 2.20. The molecule has 1 N–H and O–H groups in total. The van der Waals surface area contributed by atoms with E-state index in [1.165, 1.54) is 0 Å². The number of hydrogen-bond acceptors (Lipinski definition) is 6. The molecule has 1 fully saturated rings. The van der Waals surface area contributed by atoms with Crippen LogP contribution < -0.4 is 5.32 Å². The third kappa shape index (κ3) is 5.57. The molecule has 1 saturated heterocycles. The molecule has 8 nitrogen and oxygen atoms in total. The molecule has 0 spiro atoms. The summed E-state index contributed by atoms with van der Waals surface area (Å²) in [7, 11) is -1.26. The van der Waals surface area contributed by atoms with Crippen LogP contribution in [0.15, 0.2) is 36.9 Å². The first-order valence-corrected chi connectivity index (χ1v) is 12.0. The van der Waals surface area contributed by atoms with Crippen molar-refractivity contribution in [3.05, 3.63) is 46.7 Å². The smallest absolute Gasteiger partial charge is 0.234 e. The number of aromatic nitrogens is 3. The molecule has 2 heterocycles. The minimum Gasteiger partial charge on any atom is -0.351 e. The summed E-state index contributed by atoms with van der Waals surface area (Å²) in [5, 5.41) is 8.05. The van der Waals surface area contributed by atoms with Gasteiger partial charge in [-0.3, -0.25) is 14.3 Å². The Morgan fingerprint density at radius 2 is 2.13 bits per heavy atom. The van der Waals surface area contributed by atoms with Gasteiger partial charge in [0.2, 0.25) is 5.91 Å². The first-order valence-electron chi connectivity index (χ1n) is 9.41. The van der Waals surface area contributed by atoms with E-state index in [1.807, 2.05) is 16.7 Å². The molecule has 162 valence electrons. The number of allylic oxidation sites excluding steroid dienone is 1. The number of sulfone groups is 1. The first kappa shape index (κ1) is 22.7. The van der Waals surface area contributed by atoms with Crippen molar-refractivity contribution in [1.82, 2.24) is 24.6 Å². The fraction of sp³-hybridized carbons (Fsp3) is 0.421. The van der Waals surface area contributed by atoms with Crippen molar-refractivity contribution in [2.24, 2.45) is 0 Å². The van der Waals surface area contributed by atoms with Gasteiger partial charge in [-0.1, -0.05) is 17.7 Å². The number of nitrogens with zero attached hydrogens (tertiary/aromatic N) is 4. The number of amides is 1. The normalized spacial score (nSPS) is 17.9. The Balaban J connectivity index is 1.70. The number of benzene rings is 1. The molecule has 0 radical (unpaired) electrons. The Morgan fingerprint density at radius 1 is 1.43 bits per heavy atom. The third-order valence-electron chi connectivity index (χ3n) is 4.72. The van der Waals surface area contributed by atoms with Crippen LogP contribution in [0.4, 0.5) is 0 Å². The molecule has 1 aromatic carbocycles. The van der Waals surface area contributed by atoms with Crippen LogP contribution in [0.1, 0.15) is 6.42 Å². The van der Waals surface area contributed by atoms with Crippen LogP contribution in [0.5, 0.6) is 0 Å². The zero-order valence-electron chi connectivity index (χ0n) is 16.6. The Kier molecular flexibility index (Phi) is 7.12. The number of rotatable bonds is 8. The Hall–Kier alpha value is -2.01.